The summed E-state index contributed by atoms with van der Waals surface area (Å²) >= 11 is 0. The molecule has 12 unspecified atom stereocenters. The summed E-state index contributed by atoms with van der Waals surface area (Å²) in [6.07, 6.45) is 4.67. The molecule has 0 spiro atoms. The molecule has 0 aromatic heterocycles. The summed E-state index contributed by atoms with van der Waals surface area (Å²) in [5.74, 6) is -0.767. The summed E-state index contributed by atoms with van der Waals surface area (Å²) in [7, 11) is 0. The molecule has 35 heavy (non-hydrogen) atoms. The van der Waals surface area contributed by atoms with Crippen molar-refractivity contribution >= 4 is 5.78 Å². The lowest BCUT2D eigenvalue weighted by Gasteiger charge is -2.60. The highest BCUT2D eigenvalue weighted by atomic mass is 16.6. The first-order valence-corrected chi connectivity index (χ1v) is 13.5. The van der Waals surface area contributed by atoms with Crippen LogP contribution in [0.5, 0.6) is 0 Å². The number of ether oxygens (including phenoxy) is 1. The number of allylic oxidation sites excluding steroid dienone is 1. The van der Waals surface area contributed by atoms with E-state index in [0.29, 0.717) is 25.7 Å². The minimum Gasteiger partial charge on any atom is -0.396 e. The van der Waals surface area contributed by atoms with Gasteiger partial charge in [-0.2, -0.15) is 0 Å². The fourth-order valence-electron chi connectivity index (χ4n) is 8.92. The number of aliphatic hydroxyl groups excluding tert-OH is 2. The number of fused-ring (bicyclic) bond motifs is 5. The topological polar surface area (TPSA) is 131 Å². The van der Waals surface area contributed by atoms with Crippen LogP contribution in [0.2, 0.25) is 0 Å². The van der Waals surface area contributed by atoms with Gasteiger partial charge in [0.1, 0.15) is 12.2 Å². The van der Waals surface area contributed by atoms with Crippen LogP contribution in [0.15, 0.2) is 11.6 Å². The maximum absolute atomic E-state index is 13.3. The lowest BCUT2D eigenvalue weighted by molar-refractivity contribution is -0.152. The molecule has 4 aliphatic carbocycles. The van der Waals surface area contributed by atoms with Gasteiger partial charge >= 0.3 is 0 Å². The highest BCUT2D eigenvalue weighted by Crippen LogP contribution is 2.69. The third kappa shape index (κ3) is 3.34. The second-order valence-corrected chi connectivity index (χ2v) is 13.5. The summed E-state index contributed by atoms with van der Waals surface area (Å²) in [4.78, 5) is 13.3. The van der Waals surface area contributed by atoms with Gasteiger partial charge in [-0.05, 0) is 87.7 Å². The first-order valence-electron chi connectivity index (χ1n) is 13.5. The monoisotopic (exact) mass is 492 g/mol. The Hall–Kier alpha value is -0.830. The molecule has 0 bridgehead atoms. The van der Waals surface area contributed by atoms with E-state index >= 15 is 0 Å². The Morgan fingerprint density at radius 1 is 1.09 bits per heavy atom. The first-order chi connectivity index (χ1) is 16.1. The van der Waals surface area contributed by atoms with Gasteiger partial charge in [-0.15, -0.1) is 0 Å². The maximum atomic E-state index is 13.3. The predicted octanol–water partition coefficient (Wildman–Crippen LogP) is 2.12. The van der Waals surface area contributed by atoms with Crippen LogP contribution in [0.4, 0.5) is 0 Å². The minimum absolute atomic E-state index is 0.0185. The normalized spacial score (nSPS) is 51.3. The van der Waals surface area contributed by atoms with E-state index in [2.05, 4.69) is 6.92 Å². The Kier molecular flexibility index (Phi) is 5.78. The maximum Gasteiger partial charge on any atom is 0.159 e. The van der Waals surface area contributed by atoms with Crippen molar-refractivity contribution in [2.75, 3.05) is 6.61 Å². The van der Waals surface area contributed by atoms with Gasteiger partial charge in [0.15, 0.2) is 5.78 Å². The minimum atomic E-state index is -1.28. The zero-order valence-corrected chi connectivity index (χ0v) is 21.8. The van der Waals surface area contributed by atoms with Gasteiger partial charge < -0.3 is 30.3 Å². The quantitative estimate of drug-likeness (QED) is 0.372. The number of aliphatic hydroxyl groups is 5. The number of rotatable bonds is 5. The standard InChI is InChI=1S/C28H44O7/c1-15(14-29)26(4,32)22-23(35-22)27(5,33)21-8-11-28(34)18-13-20(31)19-12-16(30)6-9-24(19,2)17(18)7-10-25(21,28)3/h13,15-17,19,21-23,29-30,32-34H,6-12,14H2,1-5H3. The van der Waals surface area contributed by atoms with E-state index < -0.39 is 46.4 Å². The van der Waals surface area contributed by atoms with Crippen molar-refractivity contribution in [1.29, 1.82) is 0 Å². The molecule has 198 valence electrons. The molecule has 0 amide bonds. The van der Waals surface area contributed by atoms with Crippen LogP contribution >= 0.6 is 0 Å². The Balaban J connectivity index is 1.45. The average molecular weight is 493 g/mol. The highest BCUT2D eigenvalue weighted by molar-refractivity contribution is 5.95. The van der Waals surface area contributed by atoms with Crippen LogP contribution in [-0.4, -0.2) is 73.0 Å². The van der Waals surface area contributed by atoms with Crippen LogP contribution in [-0.2, 0) is 9.53 Å². The lowest BCUT2D eigenvalue weighted by atomic mass is 9.46. The van der Waals surface area contributed by atoms with Gasteiger partial charge in [-0.3, -0.25) is 4.79 Å². The van der Waals surface area contributed by atoms with E-state index in [1.54, 1.807) is 26.8 Å². The fourth-order valence-corrected chi connectivity index (χ4v) is 8.92. The predicted molar refractivity (Wildman–Crippen MR) is 129 cm³/mol. The largest absolute Gasteiger partial charge is 0.396 e. The molecule has 5 N–H and O–H groups in total. The van der Waals surface area contributed by atoms with Crippen molar-refractivity contribution in [2.24, 2.45) is 34.5 Å². The summed E-state index contributed by atoms with van der Waals surface area (Å²) in [5, 5.41) is 55.0. The molecular weight excluding hydrogens is 448 g/mol. The number of epoxide rings is 1. The van der Waals surface area contributed by atoms with E-state index in [1.807, 2.05) is 6.92 Å². The smallest absolute Gasteiger partial charge is 0.159 e. The summed E-state index contributed by atoms with van der Waals surface area (Å²) in [6.45, 7) is 9.19. The molecule has 0 aromatic rings. The van der Waals surface area contributed by atoms with Crippen molar-refractivity contribution < 1.29 is 35.1 Å². The van der Waals surface area contributed by atoms with Crippen LogP contribution in [0.25, 0.3) is 0 Å². The molecule has 0 radical (unpaired) electrons. The molecule has 1 saturated heterocycles. The molecule has 7 heteroatoms. The fraction of sp³-hybridized carbons (Fsp3) is 0.893. The third-order valence-electron chi connectivity index (χ3n) is 11.7. The Morgan fingerprint density at radius 2 is 1.77 bits per heavy atom. The second-order valence-electron chi connectivity index (χ2n) is 13.5. The zero-order valence-electron chi connectivity index (χ0n) is 21.8. The SMILES string of the molecule is CC(CO)C(C)(O)C1OC1C(C)(O)C1CCC2(O)C3=CC(=O)C4CC(O)CCC4(C)C3CCC12C. The number of carbonyl (C=O) groups excluding carboxylic acids is 1. The van der Waals surface area contributed by atoms with Crippen LogP contribution in [0, 0.1) is 34.5 Å². The molecule has 1 heterocycles. The number of ketones is 1. The highest BCUT2D eigenvalue weighted by Gasteiger charge is 2.72. The van der Waals surface area contributed by atoms with Crippen molar-refractivity contribution in [1.82, 2.24) is 0 Å². The Morgan fingerprint density at radius 3 is 2.43 bits per heavy atom. The molecule has 12 atom stereocenters. The lowest BCUT2D eigenvalue weighted by Crippen LogP contribution is -2.61. The molecule has 7 nitrogen and oxygen atoms in total. The molecule has 3 saturated carbocycles. The van der Waals surface area contributed by atoms with Crippen molar-refractivity contribution in [3.8, 4) is 0 Å². The van der Waals surface area contributed by atoms with Gasteiger partial charge in [0.05, 0.1) is 22.9 Å². The van der Waals surface area contributed by atoms with Gasteiger partial charge in [0, 0.05) is 23.9 Å². The molecule has 5 rings (SSSR count). The molecular formula is C28H44O7. The van der Waals surface area contributed by atoms with E-state index in [9.17, 15) is 30.3 Å². The molecule has 5 aliphatic rings. The summed E-state index contributed by atoms with van der Waals surface area (Å²) in [6, 6.07) is 0. The average Bonchev–Trinajstić information content (AvgIpc) is 3.55. The van der Waals surface area contributed by atoms with Crippen LogP contribution in [0.3, 0.4) is 0 Å². The van der Waals surface area contributed by atoms with Crippen molar-refractivity contribution in [3.63, 3.8) is 0 Å². The van der Waals surface area contributed by atoms with Crippen molar-refractivity contribution in [3.05, 3.63) is 11.6 Å². The van der Waals surface area contributed by atoms with Gasteiger partial charge in [0.25, 0.3) is 0 Å². The van der Waals surface area contributed by atoms with Crippen molar-refractivity contribution in [2.45, 2.75) is 115 Å². The van der Waals surface area contributed by atoms with E-state index in [1.165, 1.54) is 0 Å². The third-order valence-corrected chi connectivity index (χ3v) is 11.7. The number of hydrogen-bond acceptors (Lipinski definition) is 7. The molecule has 0 aromatic carbocycles. The number of hydrogen-bond donors (Lipinski definition) is 5. The van der Waals surface area contributed by atoms with Gasteiger partial charge in [0.2, 0.25) is 0 Å². The van der Waals surface area contributed by atoms with E-state index in [0.717, 1.165) is 24.8 Å². The Bertz CT molecular complexity index is 926. The van der Waals surface area contributed by atoms with E-state index in [4.69, 9.17) is 4.74 Å². The van der Waals surface area contributed by atoms with Crippen LogP contribution in [0.1, 0.15) is 79.6 Å². The summed E-state index contributed by atoms with van der Waals surface area (Å²) < 4.78 is 5.87. The second kappa shape index (κ2) is 7.84. The molecule has 4 fully saturated rings. The number of carbonyl (C=O) groups is 1. The first kappa shape index (κ1) is 25.8. The zero-order chi connectivity index (χ0) is 25.8. The van der Waals surface area contributed by atoms with E-state index in [-0.39, 0.29) is 35.6 Å². The Labute approximate surface area is 208 Å². The molecule has 1 aliphatic heterocycles. The van der Waals surface area contributed by atoms with Gasteiger partial charge in [-0.1, -0.05) is 20.8 Å². The van der Waals surface area contributed by atoms with Gasteiger partial charge in [-0.25, -0.2) is 0 Å². The summed E-state index contributed by atoms with van der Waals surface area (Å²) in [5.41, 5.74) is -3.81. The van der Waals surface area contributed by atoms with Crippen LogP contribution < -0.4 is 0 Å².